The molecule has 11 heteroatoms. The van der Waals surface area contributed by atoms with Gasteiger partial charge in [0.15, 0.2) is 23.7 Å². The minimum absolute atomic E-state index is 0.00778. The molecule has 4 rings (SSSR count). The first-order valence-electron chi connectivity index (χ1n) is 11.1. The fourth-order valence-corrected chi connectivity index (χ4v) is 4.16. The van der Waals surface area contributed by atoms with Crippen LogP contribution in [-0.4, -0.2) is 26.1 Å². The molecule has 2 aliphatic rings. The highest BCUT2D eigenvalue weighted by Crippen LogP contribution is 2.39. The van der Waals surface area contributed by atoms with Crippen LogP contribution in [-0.2, 0) is 20.3 Å². The molecule has 0 N–H and O–H groups in total. The van der Waals surface area contributed by atoms with Crippen molar-refractivity contribution in [2.75, 3.05) is 19.8 Å². The SMILES string of the molecule is CCC1COC(C2CCC(c3cc(F)c(C(F)(F)Oc4cc(F)c(F)c(F)c4)c(F)c3)OC2)OC1. The molecule has 4 nitrogen and oxygen atoms in total. The third-order valence-electron chi connectivity index (χ3n) is 6.20. The van der Waals surface area contributed by atoms with Gasteiger partial charge < -0.3 is 18.9 Å². The Morgan fingerprint density at radius 3 is 1.94 bits per heavy atom. The molecular formula is C24H23F7O4. The molecule has 2 atom stereocenters. The number of halogens is 7. The number of alkyl halides is 2. The number of hydrogen-bond acceptors (Lipinski definition) is 4. The van der Waals surface area contributed by atoms with Crippen LogP contribution in [0.5, 0.6) is 5.75 Å². The average molecular weight is 508 g/mol. The number of ether oxygens (including phenoxy) is 4. The van der Waals surface area contributed by atoms with Crippen molar-refractivity contribution in [1.29, 1.82) is 0 Å². The van der Waals surface area contributed by atoms with E-state index in [1.807, 2.05) is 6.92 Å². The second-order valence-electron chi connectivity index (χ2n) is 8.65. The molecule has 0 amide bonds. The molecule has 2 saturated heterocycles. The lowest BCUT2D eigenvalue weighted by molar-refractivity contribution is -0.241. The standard InChI is InChI=1S/C24H23F7O4/c1-2-12-9-33-23(34-10-12)13-3-4-20(32-11-13)14-5-16(25)21(17(26)6-14)24(30,31)35-15-7-18(27)22(29)19(28)8-15/h5-8,12-13,20,23H,2-4,9-11H2,1H3. The van der Waals surface area contributed by atoms with Crippen molar-refractivity contribution in [3.05, 3.63) is 64.5 Å². The van der Waals surface area contributed by atoms with Crippen molar-refractivity contribution in [2.24, 2.45) is 11.8 Å². The van der Waals surface area contributed by atoms with Gasteiger partial charge in [0, 0.05) is 24.0 Å². The van der Waals surface area contributed by atoms with E-state index in [-0.39, 0.29) is 30.2 Å². The van der Waals surface area contributed by atoms with Crippen LogP contribution in [0.2, 0.25) is 0 Å². The molecule has 0 aliphatic carbocycles. The van der Waals surface area contributed by atoms with Crippen LogP contribution in [0.3, 0.4) is 0 Å². The molecular weight excluding hydrogens is 485 g/mol. The van der Waals surface area contributed by atoms with Crippen LogP contribution in [0.25, 0.3) is 0 Å². The van der Waals surface area contributed by atoms with Crippen LogP contribution in [0.1, 0.15) is 43.4 Å². The van der Waals surface area contributed by atoms with Crippen LogP contribution < -0.4 is 4.74 Å². The summed E-state index contributed by atoms with van der Waals surface area (Å²) in [7, 11) is 0. The molecule has 2 aromatic rings. The largest absolute Gasteiger partial charge is 0.432 e. The van der Waals surface area contributed by atoms with E-state index in [4.69, 9.17) is 14.2 Å². The van der Waals surface area contributed by atoms with E-state index in [9.17, 15) is 30.7 Å². The summed E-state index contributed by atoms with van der Waals surface area (Å²) >= 11 is 0. The maximum atomic E-state index is 14.6. The number of benzene rings is 2. The normalized spacial score (nSPS) is 25.5. The Labute approximate surface area is 196 Å². The van der Waals surface area contributed by atoms with E-state index in [0.29, 0.717) is 44.1 Å². The first kappa shape index (κ1) is 25.7. The highest BCUT2D eigenvalue weighted by Gasteiger charge is 2.42. The minimum atomic E-state index is -4.64. The summed E-state index contributed by atoms with van der Waals surface area (Å²) in [4.78, 5) is 0. The smallest absolute Gasteiger partial charge is 0.429 e. The van der Waals surface area contributed by atoms with Crippen LogP contribution in [0.15, 0.2) is 24.3 Å². The van der Waals surface area contributed by atoms with Gasteiger partial charge in [0.25, 0.3) is 0 Å². The molecule has 2 aromatic carbocycles. The molecule has 2 heterocycles. The van der Waals surface area contributed by atoms with Gasteiger partial charge in [-0.2, -0.15) is 8.78 Å². The highest BCUT2D eigenvalue weighted by atomic mass is 19.3. The van der Waals surface area contributed by atoms with E-state index in [0.717, 1.165) is 6.42 Å². The molecule has 2 aliphatic heterocycles. The molecule has 35 heavy (non-hydrogen) atoms. The molecule has 0 aromatic heterocycles. The molecule has 0 radical (unpaired) electrons. The van der Waals surface area contributed by atoms with Crippen LogP contribution >= 0.6 is 0 Å². The Morgan fingerprint density at radius 2 is 1.43 bits per heavy atom. The zero-order chi connectivity index (χ0) is 25.3. The zero-order valence-electron chi connectivity index (χ0n) is 18.6. The van der Waals surface area contributed by atoms with Gasteiger partial charge in [-0.1, -0.05) is 6.92 Å². The average Bonchev–Trinajstić information content (AvgIpc) is 2.81. The van der Waals surface area contributed by atoms with E-state index >= 15 is 0 Å². The van der Waals surface area contributed by atoms with E-state index in [2.05, 4.69) is 4.74 Å². The summed E-state index contributed by atoms with van der Waals surface area (Å²) in [6.07, 6.45) is -3.97. The van der Waals surface area contributed by atoms with Crippen molar-refractivity contribution in [2.45, 2.75) is 44.7 Å². The van der Waals surface area contributed by atoms with Gasteiger partial charge in [-0.25, -0.2) is 22.0 Å². The van der Waals surface area contributed by atoms with Gasteiger partial charge in [-0.3, -0.25) is 0 Å². The summed E-state index contributed by atoms with van der Waals surface area (Å²) < 4.78 is 119. The van der Waals surface area contributed by atoms with Crippen molar-refractivity contribution < 1.29 is 49.7 Å². The monoisotopic (exact) mass is 508 g/mol. The van der Waals surface area contributed by atoms with Crippen molar-refractivity contribution in [3.8, 4) is 5.75 Å². The third kappa shape index (κ3) is 5.57. The summed E-state index contributed by atoms with van der Waals surface area (Å²) in [5.74, 6) is -9.66. The van der Waals surface area contributed by atoms with Crippen molar-refractivity contribution in [1.82, 2.24) is 0 Å². The van der Waals surface area contributed by atoms with Gasteiger partial charge in [0.1, 0.15) is 22.9 Å². The van der Waals surface area contributed by atoms with E-state index in [1.165, 1.54) is 0 Å². The summed E-state index contributed by atoms with van der Waals surface area (Å²) in [6, 6.07) is 1.69. The predicted molar refractivity (Wildman–Crippen MR) is 108 cm³/mol. The summed E-state index contributed by atoms with van der Waals surface area (Å²) in [5.41, 5.74) is -1.75. The second kappa shape index (κ2) is 10.3. The molecule has 0 bridgehead atoms. The van der Waals surface area contributed by atoms with Gasteiger partial charge in [0.05, 0.1) is 25.9 Å². The lowest BCUT2D eigenvalue weighted by atomic mass is 9.93. The van der Waals surface area contributed by atoms with Gasteiger partial charge in [0.2, 0.25) is 0 Å². The van der Waals surface area contributed by atoms with Gasteiger partial charge in [-0.05, 0) is 37.0 Å². The molecule has 2 unspecified atom stereocenters. The van der Waals surface area contributed by atoms with E-state index < -0.39 is 58.9 Å². The highest BCUT2D eigenvalue weighted by molar-refractivity contribution is 5.32. The Hall–Kier alpha value is -2.37. The third-order valence-corrected chi connectivity index (χ3v) is 6.20. The Kier molecular flexibility index (Phi) is 7.58. The molecule has 0 saturated carbocycles. The maximum Gasteiger partial charge on any atom is 0.432 e. The lowest BCUT2D eigenvalue weighted by Gasteiger charge is -2.37. The van der Waals surface area contributed by atoms with Gasteiger partial charge in [-0.15, -0.1) is 0 Å². The van der Waals surface area contributed by atoms with Crippen LogP contribution in [0.4, 0.5) is 30.7 Å². The predicted octanol–water partition coefficient (Wildman–Crippen LogP) is 6.38. The topological polar surface area (TPSA) is 36.9 Å². The maximum absolute atomic E-state index is 14.6. The number of hydrogen-bond donors (Lipinski definition) is 0. The number of rotatable bonds is 6. The Morgan fingerprint density at radius 1 is 0.829 bits per heavy atom. The quantitative estimate of drug-likeness (QED) is 0.335. The first-order chi connectivity index (χ1) is 16.6. The zero-order valence-corrected chi connectivity index (χ0v) is 18.6. The Balaban J connectivity index is 1.44. The van der Waals surface area contributed by atoms with Crippen LogP contribution in [0, 0.1) is 40.9 Å². The Bertz CT molecular complexity index is 1000. The van der Waals surface area contributed by atoms with E-state index in [1.54, 1.807) is 0 Å². The minimum Gasteiger partial charge on any atom is -0.429 e. The fourth-order valence-electron chi connectivity index (χ4n) is 4.16. The summed E-state index contributed by atoms with van der Waals surface area (Å²) in [6.45, 7) is 3.39. The van der Waals surface area contributed by atoms with Crippen molar-refractivity contribution >= 4 is 0 Å². The lowest BCUT2D eigenvalue weighted by Crippen LogP contribution is -2.40. The fraction of sp³-hybridized carbons (Fsp3) is 0.500. The van der Waals surface area contributed by atoms with Gasteiger partial charge >= 0.3 is 6.11 Å². The first-order valence-corrected chi connectivity index (χ1v) is 11.1. The second-order valence-corrected chi connectivity index (χ2v) is 8.65. The summed E-state index contributed by atoms with van der Waals surface area (Å²) in [5, 5.41) is 0. The molecule has 2 fully saturated rings. The molecule has 0 spiro atoms. The van der Waals surface area contributed by atoms with Crippen molar-refractivity contribution in [3.63, 3.8) is 0 Å². The molecule has 192 valence electrons.